The molecule has 0 aliphatic heterocycles. The van der Waals surface area contributed by atoms with E-state index in [9.17, 15) is 14.4 Å². The average molecular weight is 430 g/mol. The van der Waals surface area contributed by atoms with Crippen LogP contribution in [-0.2, 0) is 4.79 Å². The molecule has 0 saturated heterocycles. The third-order valence-electron chi connectivity index (χ3n) is 4.07. The molecular weight excluding hydrogens is 410 g/mol. The van der Waals surface area contributed by atoms with E-state index in [1.807, 2.05) is 0 Å². The van der Waals surface area contributed by atoms with Crippen molar-refractivity contribution >= 4 is 39.3 Å². The van der Waals surface area contributed by atoms with Crippen molar-refractivity contribution < 1.29 is 14.4 Å². The van der Waals surface area contributed by atoms with Crippen LogP contribution in [0.1, 0.15) is 40.0 Å². The molecule has 3 rings (SSSR count). The minimum Gasteiger partial charge on any atom is -0.352 e. The van der Waals surface area contributed by atoms with E-state index in [0.29, 0.717) is 16.8 Å². The molecule has 3 amide bonds. The van der Waals surface area contributed by atoms with Crippen LogP contribution < -0.4 is 16.0 Å². The Balaban J connectivity index is 1.45. The molecule has 3 N–H and O–H groups in total. The van der Waals surface area contributed by atoms with Crippen LogP contribution in [-0.4, -0.2) is 30.3 Å². The maximum Gasteiger partial charge on any atom is 0.251 e. The van der Waals surface area contributed by atoms with Crippen LogP contribution in [0.2, 0.25) is 0 Å². The second-order valence-electron chi connectivity index (χ2n) is 6.39. The lowest BCUT2D eigenvalue weighted by Crippen LogP contribution is -2.28. The van der Waals surface area contributed by atoms with Gasteiger partial charge in [0.2, 0.25) is 5.91 Å². The van der Waals surface area contributed by atoms with Gasteiger partial charge < -0.3 is 16.0 Å². The van der Waals surface area contributed by atoms with Crippen molar-refractivity contribution in [2.24, 2.45) is 0 Å². The Hall–Kier alpha value is -2.67. The fraction of sp³-hybridized carbons (Fsp3) is 0.250. The summed E-state index contributed by atoms with van der Waals surface area (Å²) in [7, 11) is 0. The van der Waals surface area contributed by atoms with E-state index >= 15 is 0 Å². The Morgan fingerprint density at radius 1 is 0.963 bits per heavy atom. The van der Waals surface area contributed by atoms with E-state index in [0.717, 1.165) is 17.3 Å². The highest BCUT2D eigenvalue weighted by molar-refractivity contribution is 9.10. The zero-order valence-electron chi connectivity index (χ0n) is 14.6. The first-order valence-electron chi connectivity index (χ1n) is 8.76. The number of anilines is 1. The minimum absolute atomic E-state index is 0.129. The third-order valence-corrected chi connectivity index (χ3v) is 4.59. The second-order valence-corrected chi connectivity index (χ2v) is 7.31. The number of hydrogen-bond acceptors (Lipinski definition) is 3. The molecule has 1 aliphatic rings. The third kappa shape index (κ3) is 5.92. The molecule has 7 heteroatoms. The van der Waals surface area contributed by atoms with Gasteiger partial charge in [0.05, 0.1) is 0 Å². The highest BCUT2D eigenvalue weighted by Crippen LogP contribution is 2.20. The zero-order chi connectivity index (χ0) is 19.2. The molecule has 2 aromatic rings. The summed E-state index contributed by atoms with van der Waals surface area (Å²) in [5, 5.41) is 8.38. The summed E-state index contributed by atoms with van der Waals surface area (Å²) < 4.78 is 0.895. The number of carbonyl (C=O) groups is 3. The van der Waals surface area contributed by atoms with Gasteiger partial charge in [-0.2, -0.15) is 0 Å². The van der Waals surface area contributed by atoms with E-state index in [2.05, 4.69) is 31.9 Å². The van der Waals surface area contributed by atoms with Crippen LogP contribution in [0.5, 0.6) is 0 Å². The Morgan fingerprint density at radius 3 is 2.41 bits per heavy atom. The number of nitrogens with one attached hydrogen (secondary N) is 3. The Kier molecular flexibility index (Phi) is 6.24. The van der Waals surface area contributed by atoms with Gasteiger partial charge in [0.15, 0.2) is 0 Å². The summed E-state index contributed by atoms with van der Waals surface area (Å²) in [5.41, 5.74) is 1.61. The predicted molar refractivity (Wildman–Crippen MR) is 107 cm³/mol. The van der Waals surface area contributed by atoms with Gasteiger partial charge in [-0.15, -0.1) is 0 Å². The maximum atomic E-state index is 12.1. The van der Waals surface area contributed by atoms with Crippen LogP contribution in [0, 0.1) is 0 Å². The first-order chi connectivity index (χ1) is 13.0. The smallest absolute Gasteiger partial charge is 0.251 e. The van der Waals surface area contributed by atoms with Gasteiger partial charge in [0.25, 0.3) is 11.8 Å². The molecule has 0 heterocycles. The lowest BCUT2D eigenvalue weighted by Gasteiger charge is -2.09. The van der Waals surface area contributed by atoms with Crippen molar-refractivity contribution in [3.8, 4) is 0 Å². The van der Waals surface area contributed by atoms with Crippen molar-refractivity contribution in [3.63, 3.8) is 0 Å². The number of carbonyl (C=O) groups excluding carboxylic acids is 3. The first-order valence-corrected chi connectivity index (χ1v) is 9.55. The van der Waals surface area contributed by atoms with E-state index in [-0.39, 0.29) is 36.7 Å². The summed E-state index contributed by atoms with van der Waals surface area (Å²) >= 11 is 3.32. The first kappa shape index (κ1) is 19.1. The van der Waals surface area contributed by atoms with Crippen LogP contribution in [0.3, 0.4) is 0 Å². The quantitative estimate of drug-likeness (QED) is 0.631. The van der Waals surface area contributed by atoms with Gasteiger partial charge in [-0.3, -0.25) is 14.4 Å². The van der Waals surface area contributed by atoms with Crippen LogP contribution in [0.15, 0.2) is 53.0 Å². The predicted octanol–water partition coefficient (Wildman–Crippen LogP) is 3.10. The summed E-state index contributed by atoms with van der Waals surface area (Å²) in [4.78, 5) is 36.1. The molecule has 1 saturated carbocycles. The SMILES string of the molecule is O=C(CCNC(=O)c1ccc(Br)cc1)Nc1cccc(C(=O)NC2CC2)c1. The van der Waals surface area contributed by atoms with Crippen molar-refractivity contribution in [2.75, 3.05) is 11.9 Å². The van der Waals surface area contributed by atoms with E-state index in [1.165, 1.54) is 0 Å². The largest absolute Gasteiger partial charge is 0.352 e. The monoisotopic (exact) mass is 429 g/mol. The van der Waals surface area contributed by atoms with E-state index in [4.69, 9.17) is 0 Å². The number of benzene rings is 2. The van der Waals surface area contributed by atoms with Gasteiger partial charge in [-0.25, -0.2) is 0 Å². The van der Waals surface area contributed by atoms with Gasteiger partial charge in [-0.05, 0) is 55.3 Å². The Bertz CT molecular complexity index is 848. The molecule has 1 fully saturated rings. The van der Waals surface area contributed by atoms with Crippen molar-refractivity contribution in [1.82, 2.24) is 10.6 Å². The summed E-state index contributed by atoms with van der Waals surface area (Å²) in [6.07, 6.45) is 2.18. The summed E-state index contributed by atoms with van der Waals surface area (Å²) in [6.45, 7) is 0.225. The van der Waals surface area contributed by atoms with Crippen molar-refractivity contribution in [2.45, 2.75) is 25.3 Å². The van der Waals surface area contributed by atoms with E-state index in [1.54, 1.807) is 48.5 Å². The molecule has 0 radical (unpaired) electrons. The second kappa shape index (κ2) is 8.81. The van der Waals surface area contributed by atoms with Crippen LogP contribution in [0.4, 0.5) is 5.69 Å². The number of amides is 3. The molecule has 0 aromatic heterocycles. The highest BCUT2D eigenvalue weighted by atomic mass is 79.9. The lowest BCUT2D eigenvalue weighted by atomic mass is 10.2. The lowest BCUT2D eigenvalue weighted by molar-refractivity contribution is -0.116. The van der Waals surface area contributed by atoms with Crippen LogP contribution >= 0.6 is 15.9 Å². The standard InChI is InChI=1S/C20H20BrN3O3/c21-15-6-4-13(5-7-15)19(26)22-11-10-18(25)23-17-3-1-2-14(12-17)20(27)24-16-8-9-16/h1-7,12,16H,8-11H2,(H,22,26)(H,23,25)(H,24,27). The Morgan fingerprint density at radius 2 is 1.70 bits per heavy atom. The molecule has 0 atom stereocenters. The number of halogens is 1. The molecule has 6 nitrogen and oxygen atoms in total. The van der Waals surface area contributed by atoms with Gasteiger partial charge in [0, 0.05) is 40.3 Å². The summed E-state index contributed by atoms with van der Waals surface area (Å²) in [5.74, 6) is -0.588. The van der Waals surface area contributed by atoms with Crippen LogP contribution in [0.25, 0.3) is 0 Å². The van der Waals surface area contributed by atoms with Crippen molar-refractivity contribution in [1.29, 1.82) is 0 Å². The Labute approximate surface area is 165 Å². The normalized spacial score (nSPS) is 12.9. The topological polar surface area (TPSA) is 87.3 Å². The molecule has 0 bridgehead atoms. The molecule has 2 aromatic carbocycles. The van der Waals surface area contributed by atoms with Gasteiger partial charge in [0.1, 0.15) is 0 Å². The number of hydrogen-bond donors (Lipinski definition) is 3. The van der Waals surface area contributed by atoms with Gasteiger partial charge >= 0.3 is 0 Å². The molecule has 140 valence electrons. The summed E-state index contributed by atoms with van der Waals surface area (Å²) in [6, 6.07) is 14.1. The van der Waals surface area contributed by atoms with Crippen molar-refractivity contribution in [3.05, 3.63) is 64.1 Å². The molecular formula is C20H20BrN3O3. The fourth-order valence-electron chi connectivity index (χ4n) is 2.45. The minimum atomic E-state index is -0.231. The highest BCUT2D eigenvalue weighted by Gasteiger charge is 2.23. The van der Waals surface area contributed by atoms with E-state index < -0.39 is 0 Å². The molecule has 0 unspecified atom stereocenters. The zero-order valence-corrected chi connectivity index (χ0v) is 16.2. The molecule has 0 spiro atoms. The molecule has 27 heavy (non-hydrogen) atoms. The van der Waals surface area contributed by atoms with Gasteiger partial charge in [-0.1, -0.05) is 22.0 Å². The fourth-order valence-corrected chi connectivity index (χ4v) is 2.72. The molecule has 1 aliphatic carbocycles. The average Bonchev–Trinajstić information content (AvgIpc) is 3.46. The maximum absolute atomic E-state index is 12.1. The number of rotatable bonds is 7.